The van der Waals surface area contributed by atoms with Crippen LogP contribution in [0.3, 0.4) is 0 Å². The molecule has 1 aromatic heterocycles. The normalized spacial score (nSPS) is 20.0. The van der Waals surface area contributed by atoms with Crippen molar-refractivity contribution in [3.8, 4) is 0 Å². The molecule has 1 saturated heterocycles. The van der Waals surface area contributed by atoms with Crippen LogP contribution in [0.4, 0.5) is 0 Å². The van der Waals surface area contributed by atoms with E-state index in [0.717, 1.165) is 16.9 Å². The lowest BCUT2D eigenvalue weighted by Crippen LogP contribution is -2.31. The summed E-state index contributed by atoms with van der Waals surface area (Å²) < 4.78 is 0. The Labute approximate surface area is 143 Å². The van der Waals surface area contributed by atoms with E-state index in [0.29, 0.717) is 11.7 Å². The number of hydrogen-bond acceptors (Lipinski definition) is 5. The van der Waals surface area contributed by atoms with E-state index in [4.69, 9.17) is 0 Å². The molecule has 0 spiro atoms. The zero-order valence-corrected chi connectivity index (χ0v) is 14.4. The lowest BCUT2D eigenvalue weighted by molar-refractivity contribution is -0.126. The number of amides is 1. The first-order valence-electron chi connectivity index (χ1n) is 7.44. The highest BCUT2D eigenvalue weighted by Crippen LogP contribution is 2.30. The minimum atomic E-state index is -0.0607. The Hall–Kier alpha value is -1.92. The lowest BCUT2D eigenvalue weighted by atomic mass is 10.2. The Morgan fingerprint density at radius 2 is 2.04 bits per heavy atom. The third kappa shape index (κ3) is 3.89. The first-order chi connectivity index (χ1) is 11.3. The molecule has 2 heterocycles. The van der Waals surface area contributed by atoms with E-state index in [2.05, 4.69) is 10.2 Å². The van der Waals surface area contributed by atoms with Crippen molar-refractivity contribution in [2.24, 2.45) is 10.2 Å². The molecule has 1 atom stereocenters. The molecule has 118 valence electrons. The number of thiophene rings is 1. The second-order valence-corrected chi connectivity index (χ2v) is 7.22. The molecule has 6 heteroatoms. The Morgan fingerprint density at radius 1 is 1.22 bits per heavy atom. The summed E-state index contributed by atoms with van der Waals surface area (Å²) in [6.07, 6.45) is 2.52. The molecule has 0 saturated carbocycles. The maximum atomic E-state index is 12.5. The van der Waals surface area contributed by atoms with Gasteiger partial charge in [-0.25, -0.2) is 0 Å². The molecule has 0 radical (unpaired) electrons. The zero-order valence-electron chi connectivity index (χ0n) is 12.8. The molecule has 1 amide bonds. The highest BCUT2D eigenvalue weighted by molar-refractivity contribution is 8.15. The van der Waals surface area contributed by atoms with E-state index < -0.39 is 0 Å². The minimum Gasteiger partial charge on any atom is -0.284 e. The van der Waals surface area contributed by atoms with Crippen LogP contribution in [0.15, 0.2) is 58.0 Å². The van der Waals surface area contributed by atoms with Crippen molar-refractivity contribution in [2.75, 3.05) is 0 Å². The van der Waals surface area contributed by atoms with E-state index in [-0.39, 0.29) is 11.2 Å². The number of carbonyl (C=O) groups excluding carboxylic acids is 1. The Kier molecular flexibility index (Phi) is 5.25. The second-order valence-electron chi connectivity index (χ2n) is 5.07. The molecule has 0 bridgehead atoms. The third-order valence-electron chi connectivity index (χ3n) is 3.45. The predicted octanol–water partition coefficient (Wildman–Crippen LogP) is 3.99. The molecule has 23 heavy (non-hydrogen) atoms. The molecule has 3 rings (SSSR count). The highest BCUT2D eigenvalue weighted by Gasteiger charge is 2.36. The van der Waals surface area contributed by atoms with Gasteiger partial charge in [-0.1, -0.05) is 55.1 Å². The Morgan fingerprint density at radius 3 is 2.74 bits per heavy atom. The molecule has 1 aromatic carbocycles. The van der Waals surface area contributed by atoms with Gasteiger partial charge in [0.2, 0.25) is 5.91 Å². The summed E-state index contributed by atoms with van der Waals surface area (Å²) >= 11 is 3.11. The summed E-state index contributed by atoms with van der Waals surface area (Å²) in [6.45, 7) is 2.56. The molecule has 2 aromatic rings. The van der Waals surface area contributed by atoms with Crippen LogP contribution >= 0.6 is 23.1 Å². The summed E-state index contributed by atoms with van der Waals surface area (Å²) in [5, 5.41) is 11.1. The molecule has 1 aliphatic heterocycles. The van der Waals surface area contributed by atoms with Gasteiger partial charge in [0, 0.05) is 4.88 Å². The fourth-order valence-corrected chi connectivity index (χ4v) is 3.86. The molecule has 1 fully saturated rings. The van der Waals surface area contributed by atoms with Crippen molar-refractivity contribution in [3.05, 3.63) is 58.3 Å². The fraction of sp³-hybridized carbons (Fsp3) is 0.235. The van der Waals surface area contributed by atoms with Crippen molar-refractivity contribution in [3.63, 3.8) is 0 Å². The zero-order chi connectivity index (χ0) is 16.1. The molecule has 0 unspecified atom stereocenters. The first kappa shape index (κ1) is 16.0. The lowest BCUT2D eigenvalue weighted by Gasteiger charge is -2.15. The van der Waals surface area contributed by atoms with Gasteiger partial charge < -0.3 is 0 Å². The van der Waals surface area contributed by atoms with Crippen LogP contribution in [0, 0.1) is 0 Å². The average molecular weight is 343 g/mol. The van der Waals surface area contributed by atoms with Gasteiger partial charge in [-0.05, 0) is 23.4 Å². The number of carbonyl (C=O) groups is 1. The number of thioether (sulfide) groups is 1. The summed E-state index contributed by atoms with van der Waals surface area (Å²) in [6, 6.07) is 13.9. The van der Waals surface area contributed by atoms with Crippen LogP contribution < -0.4 is 0 Å². The number of benzene rings is 1. The van der Waals surface area contributed by atoms with Crippen LogP contribution in [-0.2, 0) is 11.3 Å². The van der Waals surface area contributed by atoms with Crippen molar-refractivity contribution in [1.29, 1.82) is 0 Å². The van der Waals surface area contributed by atoms with E-state index in [1.807, 2.05) is 54.8 Å². The van der Waals surface area contributed by atoms with Gasteiger partial charge in [0.15, 0.2) is 5.17 Å². The van der Waals surface area contributed by atoms with Crippen LogP contribution in [0.2, 0.25) is 0 Å². The molecular formula is C17H17N3OS2. The maximum Gasteiger partial charge on any atom is 0.242 e. The number of hydrogen-bond donors (Lipinski definition) is 0. The van der Waals surface area contributed by atoms with Crippen molar-refractivity contribution in [1.82, 2.24) is 4.90 Å². The standard InChI is InChI=1S/C17H17N3OS2/c1-2-15-16(21)20(12-13-7-4-3-5-8-13)17(23-15)19-18-11-14-9-6-10-22-14/h3-11,15H,2,12H2,1H3/b18-11-,19-17+/t15-/m0/s1. The van der Waals surface area contributed by atoms with E-state index >= 15 is 0 Å². The van der Waals surface area contributed by atoms with Crippen LogP contribution in [0.1, 0.15) is 23.8 Å². The second kappa shape index (κ2) is 7.57. The quantitative estimate of drug-likeness (QED) is 0.608. The summed E-state index contributed by atoms with van der Waals surface area (Å²) in [4.78, 5) is 15.3. The molecular weight excluding hydrogens is 326 g/mol. The van der Waals surface area contributed by atoms with Gasteiger partial charge in [0.05, 0.1) is 18.0 Å². The van der Waals surface area contributed by atoms with Gasteiger partial charge >= 0.3 is 0 Å². The molecule has 0 aliphatic carbocycles. The van der Waals surface area contributed by atoms with Crippen molar-refractivity contribution < 1.29 is 4.79 Å². The summed E-state index contributed by atoms with van der Waals surface area (Å²) in [7, 11) is 0. The molecule has 0 N–H and O–H groups in total. The third-order valence-corrected chi connectivity index (χ3v) is 5.58. The van der Waals surface area contributed by atoms with Gasteiger partial charge in [0.25, 0.3) is 0 Å². The topological polar surface area (TPSA) is 45.0 Å². The van der Waals surface area contributed by atoms with E-state index in [9.17, 15) is 4.79 Å². The summed E-state index contributed by atoms with van der Waals surface area (Å²) in [5.41, 5.74) is 1.09. The predicted molar refractivity (Wildman–Crippen MR) is 98.0 cm³/mol. The Bertz CT molecular complexity index is 711. The minimum absolute atomic E-state index is 0.0607. The molecule has 4 nitrogen and oxygen atoms in total. The van der Waals surface area contributed by atoms with Gasteiger partial charge in [-0.2, -0.15) is 5.10 Å². The largest absolute Gasteiger partial charge is 0.284 e. The Balaban J connectivity index is 1.79. The van der Waals surface area contributed by atoms with Gasteiger partial charge in [0.1, 0.15) is 0 Å². The first-order valence-corrected chi connectivity index (χ1v) is 9.20. The number of amidine groups is 1. The van der Waals surface area contributed by atoms with Crippen LogP contribution in [-0.4, -0.2) is 27.4 Å². The van der Waals surface area contributed by atoms with Crippen LogP contribution in [0.25, 0.3) is 0 Å². The van der Waals surface area contributed by atoms with Crippen LogP contribution in [0.5, 0.6) is 0 Å². The summed E-state index contributed by atoms with van der Waals surface area (Å²) in [5.74, 6) is 0.117. The average Bonchev–Trinajstić information content (AvgIpc) is 3.19. The number of nitrogens with zero attached hydrogens (tertiary/aromatic N) is 3. The van der Waals surface area contributed by atoms with Crippen molar-refractivity contribution >= 4 is 40.4 Å². The van der Waals surface area contributed by atoms with E-state index in [1.54, 1.807) is 22.5 Å². The number of rotatable bonds is 5. The van der Waals surface area contributed by atoms with Gasteiger partial charge in [-0.3, -0.25) is 9.69 Å². The van der Waals surface area contributed by atoms with Gasteiger partial charge in [-0.15, -0.1) is 16.4 Å². The smallest absolute Gasteiger partial charge is 0.242 e. The monoisotopic (exact) mass is 343 g/mol. The molecule has 1 aliphatic rings. The maximum absolute atomic E-state index is 12.5. The fourth-order valence-electron chi connectivity index (χ4n) is 2.26. The van der Waals surface area contributed by atoms with Crippen molar-refractivity contribution in [2.45, 2.75) is 25.1 Å². The van der Waals surface area contributed by atoms with E-state index in [1.165, 1.54) is 11.8 Å². The SMILES string of the molecule is CC[C@@H]1S/C(=N/N=C\c2cccs2)N(Cc2ccccc2)C1=O. The highest BCUT2D eigenvalue weighted by atomic mass is 32.2.